The number of β-lactam (4-membered cyclic amide) rings is 1. The Morgan fingerprint density at radius 1 is 1.43 bits per heavy atom. The SMILES string of the molecule is NC1C(=O)N2C(OC(=O)O)=C(CSc3ccc([N+](=O)[O-])c(C(=O)O)c3)CS[C@@H]12. The van der Waals surface area contributed by atoms with Gasteiger partial charge >= 0.3 is 12.1 Å². The van der Waals surface area contributed by atoms with Gasteiger partial charge in [-0.05, 0) is 12.1 Å². The molecule has 13 heteroatoms. The number of nitro groups is 1. The first-order valence-corrected chi connectivity index (χ1v) is 9.71. The second-order valence-electron chi connectivity index (χ2n) is 5.74. The highest BCUT2D eigenvalue weighted by Gasteiger charge is 2.51. The fourth-order valence-corrected chi connectivity index (χ4v) is 5.04. The van der Waals surface area contributed by atoms with Crippen LogP contribution in [0.25, 0.3) is 0 Å². The number of fused-ring (bicyclic) bond motifs is 1. The van der Waals surface area contributed by atoms with Gasteiger partial charge in [0.05, 0.1) is 4.92 Å². The standard InChI is InChI=1S/C15H13N3O8S2/c16-10-11(19)17-12(26-15(22)23)6(5-28-13(10)17)4-27-7-1-2-9(18(24)25)8(3-7)14(20)21/h1-3,10,13H,4-5,16H2,(H,20,21)(H,22,23)/t10?,13-/m0/s1. The van der Waals surface area contributed by atoms with E-state index in [0.717, 1.165) is 17.8 Å². The van der Waals surface area contributed by atoms with Crippen LogP contribution in [-0.4, -0.2) is 61.0 Å². The van der Waals surface area contributed by atoms with E-state index < -0.39 is 45.6 Å². The predicted molar refractivity (Wildman–Crippen MR) is 98.0 cm³/mol. The average Bonchev–Trinajstić information content (AvgIpc) is 2.65. The van der Waals surface area contributed by atoms with Crippen molar-refractivity contribution < 1.29 is 34.3 Å². The number of nitro benzene ring substituents is 1. The molecule has 4 N–H and O–H groups in total. The molecule has 0 aromatic heterocycles. The Labute approximate surface area is 165 Å². The number of nitrogens with two attached hydrogens (primary N) is 1. The largest absolute Gasteiger partial charge is 0.512 e. The van der Waals surface area contributed by atoms with E-state index in [4.69, 9.17) is 20.7 Å². The Balaban J connectivity index is 1.84. The van der Waals surface area contributed by atoms with Crippen molar-refractivity contribution in [1.29, 1.82) is 0 Å². The van der Waals surface area contributed by atoms with Crippen molar-refractivity contribution in [3.05, 3.63) is 45.3 Å². The summed E-state index contributed by atoms with van der Waals surface area (Å²) < 4.78 is 4.79. The quantitative estimate of drug-likeness (QED) is 0.197. The molecule has 1 aromatic rings. The fraction of sp³-hybridized carbons (Fsp3) is 0.267. The van der Waals surface area contributed by atoms with Gasteiger partial charge in [-0.15, -0.1) is 23.5 Å². The predicted octanol–water partition coefficient (Wildman–Crippen LogP) is 1.53. The normalized spacial score (nSPS) is 21.0. The van der Waals surface area contributed by atoms with E-state index in [-0.39, 0.29) is 11.6 Å². The zero-order valence-electron chi connectivity index (χ0n) is 13.9. The van der Waals surface area contributed by atoms with Gasteiger partial charge in [0.2, 0.25) is 11.8 Å². The minimum Gasteiger partial charge on any atom is -0.477 e. The second kappa shape index (κ2) is 7.69. The number of carbonyl (C=O) groups excluding carboxylic acids is 1. The zero-order valence-corrected chi connectivity index (χ0v) is 15.6. The number of ether oxygens (including phenoxy) is 1. The van der Waals surface area contributed by atoms with Crippen molar-refractivity contribution in [2.45, 2.75) is 16.3 Å². The molecule has 28 heavy (non-hydrogen) atoms. The van der Waals surface area contributed by atoms with Gasteiger partial charge in [-0.1, -0.05) is 0 Å². The maximum atomic E-state index is 12.0. The number of hydrogen-bond acceptors (Lipinski definition) is 9. The van der Waals surface area contributed by atoms with Crippen LogP contribution in [0, 0.1) is 10.1 Å². The summed E-state index contributed by atoms with van der Waals surface area (Å²) in [5, 5.41) is 28.6. The van der Waals surface area contributed by atoms with Crippen LogP contribution in [0.4, 0.5) is 10.5 Å². The van der Waals surface area contributed by atoms with Gasteiger partial charge in [0.1, 0.15) is 17.0 Å². The van der Waals surface area contributed by atoms with Gasteiger partial charge in [-0.2, -0.15) is 0 Å². The summed E-state index contributed by atoms with van der Waals surface area (Å²) in [6, 6.07) is 2.95. The lowest BCUT2D eigenvalue weighted by molar-refractivity contribution is -0.385. The molecule has 1 amide bonds. The number of amides is 1. The molecular formula is C15H13N3O8S2. The molecule has 1 unspecified atom stereocenters. The van der Waals surface area contributed by atoms with E-state index in [1.165, 1.54) is 28.8 Å². The molecule has 1 aromatic carbocycles. The highest BCUT2D eigenvalue weighted by atomic mass is 32.2. The third-order valence-corrected chi connectivity index (χ3v) is 6.47. The molecular weight excluding hydrogens is 414 g/mol. The molecule has 1 fully saturated rings. The average molecular weight is 427 g/mol. The summed E-state index contributed by atoms with van der Waals surface area (Å²) in [5.74, 6) is -1.40. The molecule has 0 aliphatic carbocycles. The maximum Gasteiger partial charge on any atom is 0.512 e. The van der Waals surface area contributed by atoms with Crippen molar-refractivity contribution in [1.82, 2.24) is 4.90 Å². The van der Waals surface area contributed by atoms with Crippen LogP contribution < -0.4 is 5.73 Å². The van der Waals surface area contributed by atoms with Crippen LogP contribution in [-0.2, 0) is 9.53 Å². The molecule has 3 rings (SSSR count). The molecule has 0 spiro atoms. The zero-order chi connectivity index (χ0) is 20.6. The summed E-state index contributed by atoms with van der Waals surface area (Å²) in [6.45, 7) is 0. The van der Waals surface area contributed by atoms with Gasteiger partial charge in [-0.3, -0.25) is 19.8 Å². The van der Waals surface area contributed by atoms with Crippen LogP contribution in [0.3, 0.4) is 0 Å². The molecule has 1 saturated heterocycles. The number of carboxylic acids is 1. The Kier molecular flexibility index (Phi) is 5.49. The van der Waals surface area contributed by atoms with Crippen molar-refractivity contribution >= 4 is 47.2 Å². The summed E-state index contributed by atoms with van der Waals surface area (Å²) in [5.41, 5.74) is 5.25. The maximum absolute atomic E-state index is 12.0. The van der Waals surface area contributed by atoms with E-state index in [2.05, 4.69) is 0 Å². The number of hydrogen-bond donors (Lipinski definition) is 3. The molecule has 2 atom stereocenters. The van der Waals surface area contributed by atoms with Crippen molar-refractivity contribution in [3.8, 4) is 0 Å². The lowest BCUT2D eigenvalue weighted by atomic mass is 10.1. The number of thioether (sulfide) groups is 2. The summed E-state index contributed by atoms with van der Waals surface area (Å²) in [6.07, 6.45) is -1.57. The number of nitrogens with zero attached hydrogens (tertiary/aromatic N) is 2. The van der Waals surface area contributed by atoms with Crippen molar-refractivity contribution in [2.75, 3.05) is 11.5 Å². The van der Waals surface area contributed by atoms with Crippen LogP contribution >= 0.6 is 23.5 Å². The topological polar surface area (TPSA) is 173 Å². The molecule has 0 radical (unpaired) electrons. The first-order chi connectivity index (χ1) is 13.2. The van der Waals surface area contributed by atoms with Gasteiger partial charge in [0.25, 0.3) is 5.69 Å². The van der Waals surface area contributed by atoms with Crippen LogP contribution in [0.15, 0.2) is 34.6 Å². The molecule has 2 heterocycles. The first-order valence-electron chi connectivity index (χ1n) is 7.68. The minimum absolute atomic E-state index is 0.0872. The number of carbonyl (C=O) groups is 3. The highest BCUT2D eigenvalue weighted by Crippen LogP contribution is 2.41. The van der Waals surface area contributed by atoms with Gasteiger partial charge < -0.3 is 20.7 Å². The lowest BCUT2D eigenvalue weighted by Gasteiger charge is -2.47. The summed E-state index contributed by atoms with van der Waals surface area (Å²) >= 11 is 2.51. The van der Waals surface area contributed by atoms with Gasteiger partial charge in [0.15, 0.2) is 0 Å². The Bertz CT molecular complexity index is 919. The third-order valence-electron chi connectivity index (χ3n) is 4.03. The second-order valence-corrected chi connectivity index (χ2v) is 7.90. The van der Waals surface area contributed by atoms with Crippen molar-refractivity contribution in [3.63, 3.8) is 0 Å². The highest BCUT2D eigenvalue weighted by molar-refractivity contribution is 8.01. The smallest absolute Gasteiger partial charge is 0.477 e. The monoisotopic (exact) mass is 427 g/mol. The third kappa shape index (κ3) is 3.63. The van der Waals surface area contributed by atoms with E-state index in [0.29, 0.717) is 16.2 Å². The first kappa shape index (κ1) is 20.0. The van der Waals surface area contributed by atoms with Gasteiger partial charge in [-0.25, -0.2) is 9.59 Å². The Morgan fingerprint density at radius 2 is 2.14 bits per heavy atom. The Morgan fingerprint density at radius 3 is 2.75 bits per heavy atom. The molecule has 2 aliphatic heterocycles. The Hall–Kier alpha value is -2.77. The molecule has 0 saturated carbocycles. The van der Waals surface area contributed by atoms with Crippen molar-refractivity contribution in [2.24, 2.45) is 5.73 Å². The fourth-order valence-electron chi connectivity index (χ4n) is 2.71. The number of rotatable bonds is 6. The van der Waals surface area contributed by atoms with E-state index in [9.17, 15) is 24.5 Å². The number of benzene rings is 1. The van der Waals surface area contributed by atoms with E-state index in [1.54, 1.807) is 0 Å². The molecule has 2 aliphatic rings. The van der Waals surface area contributed by atoms with E-state index >= 15 is 0 Å². The number of carboxylic acid groups (broad SMARTS) is 2. The number of aromatic carboxylic acids is 1. The summed E-state index contributed by atoms with van der Waals surface area (Å²) in [7, 11) is 0. The van der Waals surface area contributed by atoms with Crippen LogP contribution in [0.1, 0.15) is 10.4 Å². The van der Waals surface area contributed by atoms with Gasteiger partial charge in [0, 0.05) is 28.0 Å². The van der Waals surface area contributed by atoms with E-state index in [1.807, 2.05) is 0 Å². The van der Waals surface area contributed by atoms with Crippen LogP contribution in [0.5, 0.6) is 0 Å². The lowest BCUT2D eigenvalue weighted by Crippen LogP contribution is -2.68. The molecule has 148 valence electrons. The van der Waals surface area contributed by atoms with Crippen LogP contribution in [0.2, 0.25) is 0 Å². The minimum atomic E-state index is -1.57. The molecule has 11 nitrogen and oxygen atoms in total. The molecule has 0 bridgehead atoms. The summed E-state index contributed by atoms with van der Waals surface area (Å²) in [4.78, 5) is 46.0.